The highest BCUT2D eigenvalue weighted by Crippen LogP contribution is 2.60. The molecule has 1 heterocycles. The molecule has 1 aromatic heterocycles. The zero-order valence-corrected chi connectivity index (χ0v) is 24.2. The van der Waals surface area contributed by atoms with Crippen LogP contribution in [0.25, 0.3) is 0 Å². The standard InChI is InChI=1S/C26H41N3O5S3/c30-23(34-17-19-15-18-16-22(19)21-6-1-5-20(18)21)7-14-37-13-4-10-29-25(32)27(8-2-11-35)24(31)28(26(29)33)9-3-12-36/h18-22,35-36H,1-17H2. The molecule has 3 fully saturated rings. The Morgan fingerprint density at radius 2 is 1.41 bits per heavy atom. The second-order valence-corrected chi connectivity index (χ2v) is 12.9. The monoisotopic (exact) mass is 571 g/mol. The Bertz CT molecular complexity index is 1050. The zero-order valence-electron chi connectivity index (χ0n) is 21.6. The molecule has 8 nitrogen and oxygen atoms in total. The molecule has 0 aromatic carbocycles. The Morgan fingerprint density at radius 3 is 2.03 bits per heavy atom. The lowest BCUT2D eigenvalue weighted by atomic mass is 9.76. The summed E-state index contributed by atoms with van der Waals surface area (Å²) < 4.78 is 9.10. The van der Waals surface area contributed by atoms with Gasteiger partial charge in [-0.25, -0.2) is 28.1 Å². The number of thiol groups is 2. The highest BCUT2D eigenvalue weighted by Gasteiger charge is 2.53. The predicted molar refractivity (Wildman–Crippen MR) is 154 cm³/mol. The summed E-state index contributed by atoms with van der Waals surface area (Å²) in [6.07, 6.45) is 8.87. The van der Waals surface area contributed by atoms with E-state index in [2.05, 4.69) is 25.3 Å². The molecule has 0 N–H and O–H groups in total. The highest BCUT2D eigenvalue weighted by atomic mass is 32.2. The van der Waals surface area contributed by atoms with Crippen LogP contribution in [0.2, 0.25) is 0 Å². The summed E-state index contributed by atoms with van der Waals surface area (Å²) in [4.78, 5) is 50.7. The topological polar surface area (TPSA) is 92.3 Å². The number of fused-ring (bicyclic) bond motifs is 5. The van der Waals surface area contributed by atoms with Crippen LogP contribution in [0.4, 0.5) is 0 Å². The lowest BCUT2D eigenvalue weighted by Crippen LogP contribution is -2.54. The van der Waals surface area contributed by atoms with Gasteiger partial charge in [0.15, 0.2) is 0 Å². The molecular formula is C26H41N3O5S3. The first-order valence-electron chi connectivity index (χ1n) is 13.9. The molecule has 3 saturated carbocycles. The van der Waals surface area contributed by atoms with Crippen molar-refractivity contribution in [2.24, 2.45) is 29.6 Å². The third-order valence-corrected chi connectivity index (χ3v) is 10.3. The van der Waals surface area contributed by atoms with Gasteiger partial charge < -0.3 is 4.74 Å². The van der Waals surface area contributed by atoms with Crippen LogP contribution in [0.5, 0.6) is 0 Å². The fraction of sp³-hybridized carbons (Fsp3) is 0.846. The van der Waals surface area contributed by atoms with Crippen LogP contribution in [0, 0.1) is 29.6 Å². The lowest BCUT2D eigenvalue weighted by molar-refractivity contribution is -0.145. The first kappa shape index (κ1) is 28.9. The summed E-state index contributed by atoms with van der Waals surface area (Å²) in [5.41, 5.74) is -1.68. The maximum absolute atomic E-state index is 12.8. The van der Waals surface area contributed by atoms with E-state index >= 15 is 0 Å². The van der Waals surface area contributed by atoms with Gasteiger partial charge in [-0.1, -0.05) is 6.42 Å². The van der Waals surface area contributed by atoms with Crippen molar-refractivity contribution in [3.8, 4) is 0 Å². The second kappa shape index (κ2) is 13.8. The van der Waals surface area contributed by atoms with Crippen LogP contribution in [0.3, 0.4) is 0 Å². The second-order valence-electron chi connectivity index (χ2n) is 10.8. The molecule has 0 saturated heterocycles. The summed E-state index contributed by atoms with van der Waals surface area (Å²) in [5, 5.41) is 0. The van der Waals surface area contributed by atoms with Gasteiger partial charge in [0.2, 0.25) is 0 Å². The van der Waals surface area contributed by atoms with Crippen molar-refractivity contribution >= 4 is 43.0 Å². The van der Waals surface area contributed by atoms with Gasteiger partial charge in [0, 0.05) is 25.4 Å². The van der Waals surface area contributed by atoms with Gasteiger partial charge in [-0.15, -0.1) is 0 Å². The summed E-state index contributed by atoms with van der Waals surface area (Å²) in [7, 11) is 0. The van der Waals surface area contributed by atoms with Gasteiger partial charge in [-0.3, -0.25) is 4.79 Å². The van der Waals surface area contributed by atoms with Crippen LogP contribution in [0.1, 0.15) is 57.8 Å². The van der Waals surface area contributed by atoms with Gasteiger partial charge in [0.25, 0.3) is 0 Å². The molecule has 37 heavy (non-hydrogen) atoms. The summed E-state index contributed by atoms with van der Waals surface area (Å²) in [5.74, 6) is 6.38. The van der Waals surface area contributed by atoms with Gasteiger partial charge in [-0.05, 0) is 91.8 Å². The third-order valence-electron chi connectivity index (χ3n) is 8.61. The van der Waals surface area contributed by atoms with E-state index in [0.29, 0.717) is 61.2 Å². The Morgan fingerprint density at radius 1 is 0.811 bits per heavy atom. The minimum atomic E-state index is -0.559. The van der Waals surface area contributed by atoms with E-state index in [1.807, 2.05) is 0 Å². The Hall–Kier alpha value is -1.07. The van der Waals surface area contributed by atoms with E-state index in [0.717, 1.165) is 37.4 Å². The van der Waals surface area contributed by atoms with E-state index in [1.54, 1.807) is 11.8 Å². The minimum absolute atomic E-state index is 0.127. The van der Waals surface area contributed by atoms with E-state index in [1.165, 1.54) is 32.1 Å². The van der Waals surface area contributed by atoms with Crippen molar-refractivity contribution in [3.63, 3.8) is 0 Å². The number of aromatic nitrogens is 3. The van der Waals surface area contributed by atoms with Crippen LogP contribution in [-0.4, -0.2) is 49.3 Å². The van der Waals surface area contributed by atoms with Gasteiger partial charge in [0.05, 0.1) is 13.0 Å². The van der Waals surface area contributed by atoms with Gasteiger partial charge >= 0.3 is 23.0 Å². The number of hydrogen-bond acceptors (Lipinski definition) is 8. The maximum atomic E-state index is 12.8. The van der Waals surface area contributed by atoms with Crippen molar-refractivity contribution in [1.29, 1.82) is 0 Å². The van der Waals surface area contributed by atoms with E-state index < -0.39 is 17.1 Å². The molecule has 5 atom stereocenters. The number of ether oxygens (including phenoxy) is 1. The van der Waals surface area contributed by atoms with E-state index in [9.17, 15) is 19.2 Å². The summed E-state index contributed by atoms with van der Waals surface area (Å²) >= 11 is 9.96. The molecule has 3 aliphatic carbocycles. The molecule has 2 bridgehead atoms. The van der Waals surface area contributed by atoms with Crippen LogP contribution in [-0.2, 0) is 29.2 Å². The molecule has 5 unspecified atom stereocenters. The molecule has 4 rings (SSSR count). The van der Waals surface area contributed by atoms with Gasteiger partial charge in [-0.2, -0.15) is 37.0 Å². The largest absolute Gasteiger partial charge is 0.465 e. The van der Waals surface area contributed by atoms with E-state index in [-0.39, 0.29) is 25.6 Å². The Labute approximate surface area is 233 Å². The van der Waals surface area contributed by atoms with Gasteiger partial charge in [0.1, 0.15) is 0 Å². The van der Waals surface area contributed by atoms with Crippen molar-refractivity contribution in [2.45, 2.75) is 77.4 Å². The van der Waals surface area contributed by atoms with Crippen molar-refractivity contribution in [2.75, 3.05) is 29.6 Å². The number of carbonyl (C=O) groups excluding carboxylic acids is 1. The molecule has 0 radical (unpaired) electrons. The normalized spacial score (nSPS) is 26.1. The molecular weight excluding hydrogens is 531 g/mol. The van der Waals surface area contributed by atoms with Crippen LogP contribution in [0.15, 0.2) is 14.4 Å². The van der Waals surface area contributed by atoms with Crippen LogP contribution < -0.4 is 17.1 Å². The number of hydrogen-bond donors (Lipinski definition) is 2. The van der Waals surface area contributed by atoms with Crippen molar-refractivity contribution in [1.82, 2.24) is 13.7 Å². The summed E-state index contributed by atoms with van der Waals surface area (Å²) in [6.45, 7) is 1.30. The lowest BCUT2D eigenvalue weighted by Gasteiger charge is -2.31. The maximum Gasteiger partial charge on any atom is 0.336 e. The minimum Gasteiger partial charge on any atom is -0.465 e. The smallest absolute Gasteiger partial charge is 0.336 e. The number of carbonyl (C=O) groups is 1. The first-order chi connectivity index (χ1) is 18.0. The first-order valence-corrected chi connectivity index (χ1v) is 16.3. The molecule has 0 amide bonds. The van der Waals surface area contributed by atoms with Crippen molar-refractivity contribution < 1.29 is 9.53 Å². The predicted octanol–water partition coefficient (Wildman–Crippen LogP) is 2.94. The third kappa shape index (κ3) is 6.75. The fourth-order valence-corrected chi connectivity index (χ4v) is 8.10. The number of esters is 1. The average molecular weight is 572 g/mol. The quantitative estimate of drug-likeness (QED) is 0.191. The number of rotatable bonds is 15. The molecule has 11 heteroatoms. The molecule has 0 aliphatic heterocycles. The zero-order chi connectivity index (χ0) is 26.4. The average Bonchev–Trinajstić information content (AvgIpc) is 3.61. The number of thioether (sulfide) groups is 1. The summed E-state index contributed by atoms with van der Waals surface area (Å²) in [6, 6.07) is 0. The molecule has 1 aromatic rings. The van der Waals surface area contributed by atoms with Crippen LogP contribution >= 0.6 is 37.0 Å². The van der Waals surface area contributed by atoms with Crippen molar-refractivity contribution in [3.05, 3.63) is 31.5 Å². The number of nitrogens with zero attached hydrogens (tertiary/aromatic N) is 3. The molecule has 208 valence electrons. The Balaban J connectivity index is 1.19. The molecule has 3 aliphatic rings. The highest BCUT2D eigenvalue weighted by molar-refractivity contribution is 7.99. The fourth-order valence-electron chi connectivity index (χ4n) is 6.97. The Kier molecular flexibility index (Phi) is 10.8. The SMILES string of the molecule is O=C(CCSCCCn1c(=O)n(CCCS)c(=O)n(CCCS)c1=O)OCC1CC2CC1C1CCCC21. The van der Waals surface area contributed by atoms with E-state index in [4.69, 9.17) is 4.74 Å². The molecule has 0 spiro atoms.